The first-order chi connectivity index (χ1) is 8.83. The fourth-order valence-electron chi connectivity index (χ4n) is 2.84. The van der Waals surface area contributed by atoms with Gasteiger partial charge in [0.1, 0.15) is 0 Å². The van der Waals surface area contributed by atoms with Crippen LogP contribution in [-0.4, -0.2) is 31.1 Å². The maximum Gasteiger partial charge on any atom is 0.0406 e. The summed E-state index contributed by atoms with van der Waals surface area (Å²) in [6.45, 7) is 4.57. The Balaban J connectivity index is 0.000001000. The molecule has 1 atom stereocenters. The molecule has 0 bridgehead atoms. The van der Waals surface area contributed by atoms with Crippen molar-refractivity contribution in [2.24, 2.45) is 5.92 Å². The molecule has 2 fully saturated rings. The molecule has 0 aromatic heterocycles. The molecule has 0 amide bonds. The summed E-state index contributed by atoms with van der Waals surface area (Å²) in [6, 6.07) is 9.06. The SMILES string of the molecule is Cl.Cl.Clc1ccc([C@H](CC2CC2)N2CCNCC2)cc1. The molecule has 1 aromatic rings. The molecule has 5 heteroatoms. The Bertz CT molecular complexity index is 387. The summed E-state index contributed by atoms with van der Waals surface area (Å²) >= 11 is 6.00. The highest BCUT2D eigenvalue weighted by atomic mass is 35.5. The summed E-state index contributed by atoms with van der Waals surface area (Å²) in [5.41, 5.74) is 1.44. The van der Waals surface area contributed by atoms with Crippen LogP contribution < -0.4 is 5.32 Å². The van der Waals surface area contributed by atoms with Crippen LogP contribution in [0.25, 0.3) is 0 Å². The molecule has 1 aliphatic carbocycles. The van der Waals surface area contributed by atoms with Crippen molar-refractivity contribution in [3.63, 3.8) is 0 Å². The number of benzene rings is 1. The summed E-state index contributed by atoms with van der Waals surface area (Å²) in [7, 11) is 0. The van der Waals surface area contributed by atoms with Crippen LogP contribution in [0.15, 0.2) is 24.3 Å². The molecule has 0 unspecified atom stereocenters. The monoisotopic (exact) mass is 336 g/mol. The molecule has 3 rings (SSSR count). The second-order valence-electron chi connectivity index (χ2n) is 5.53. The van der Waals surface area contributed by atoms with Gasteiger partial charge in [0.15, 0.2) is 0 Å². The van der Waals surface area contributed by atoms with E-state index >= 15 is 0 Å². The molecule has 1 aromatic carbocycles. The third kappa shape index (κ3) is 4.78. The number of nitrogens with one attached hydrogen (secondary N) is 1. The van der Waals surface area contributed by atoms with Crippen molar-refractivity contribution in [3.05, 3.63) is 34.9 Å². The van der Waals surface area contributed by atoms with Crippen molar-refractivity contribution in [1.29, 1.82) is 0 Å². The Morgan fingerprint density at radius 3 is 2.25 bits per heavy atom. The smallest absolute Gasteiger partial charge is 0.0406 e. The van der Waals surface area contributed by atoms with E-state index in [2.05, 4.69) is 22.3 Å². The third-order valence-electron chi connectivity index (χ3n) is 4.10. The lowest BCUT2D eigenvalue weighted by molar-refractivity contribution is 0.160. The van der Waals surface area contributed by atoms with Gasteiger partial charge in [-0.05, 0) is 30.0 Å². The molecule has 0 radical (unpaired) electrons. The molecular weight excluding hydrogens is 315 g/mol. The average Bonchev–Trinajstić information content (AvgIpc) is 3.22. The van der Waals surface area contributed by atoms with E-state index in [0.29, 0.717) is 6.04 Å². The molecule has 1 saturated heterocycles. The van der Waals surface area contributed by atoms with E-state index in [0.717, 1.165) is 24.0 Å². The lowest BCUT2D eigenvalue weighted by Crippen LogP contribution is -2.45. The summed E-state index contributed by atoms with van der Waals surface area (Å²) in [5.74, 6) is 0.959. The molecule has 1 aliphatic heterocycles. The molecule has 2 nitrogen and oxygen atoms in total. The van der Waals surface area contributed by atoms with Crippen LogP contribution in [-0.2, 0) is 0 Å². The van der Waals surface area contributed by atoms with Crippen LogP contribution in [0.5, 0.6) is 0 Å². The normalized spacial score (nSPS) is 20.6. The Kier molecular flexibility index (Phi) is 7.63. The maximum absolute atomic E-state index is 6.00. The zero-order valence-corrected chi connectivity index (χ0v) is 13.9. The van der Waals surface area contributed by atoms with Crippen LogP contribution in [0.2, 0.25) is 5.02 Å². The van der Waals surface area contributed by atoms with Crippen molar-refractivity contribution in [2.45, 2.75) is 25.3 Å². The predicted molar refractivity (Wildman–Crippen MR) is 90.5 cm³/mol. The zero-order chi connectivity index (χ0) is 12.4. The first-order valence-electron chi connectivity index (χ1n) is 7.03. The Labute approximate surface area is 139 Å². The first-order valence-corrected chi connectivity index (χ1v) is 7.41. The average molecular weight is 338 g/mol. The van der Waals surface area contributed by atoms with Crippen molar-refractivity contribution in [1.82, 2.24) is 10.2 Å². The molecule has 1 N–H and O–H groups in total. The van der Waals surface area contributed by atoms with Crippen molar-refractivity contribution in [2.75, 3.05) is 26.2 Å². The number of halogens is 3. The maximum atomic E-state index is 6.00. The van der Waals surface area contributed by atoms with Gasteiger partial charge >= 0.3 is 0 Å². The van der Waals surface area contributed by atoms with E-state index in [9.17, 15) is 0 Å². The second kappa shape index (κ2) is 8.45. The van der Waals surface area contributed by atoms with Gasteiger partial charge in [-0.25, -0.2) is 0 Å². The van der Waals surface area contributed by atoms with Gasteiger partial charge in [0.2, 0.25) is 0 Å². The van der Waals surface area contributed by atoms with E-state index in [1.54, 1.807) is 0 Å². The lowest BCUT2D eigenvalue weighted by Gasteiger charge is -2.35. The first kappa shape index (κ1) is 18.1. The van der Waals surface area contributed by atoms with E-state index in [4.69, 9.17) is 11.6 Å². The molecule has 114 valence electrons. The number of nitrogens with zero attached hydrogens (tertiary/aromatic N) is 1. The molecule has 1 heterocycles. The summed E-state index contributed by atoms with van der Waals surface area (Å²) < 4.78 is 0. The minimum atomic E-state index is 0. The zero-order valence-electron chi connectivity index (χ0n) is 11.6. The highest BCUT2D eigenvalue weighted by molar-refractivity contribution is 6.30. The fraction of sp³-hybridized carbons (Fsp3) is 0.600. The van der Waals surface area contributed by atoms with Gasteiger partial charge in [0, 0.05) is 37.2 Å². The Morgan fingerprint density at radius 2 is 1.70 bits per heavy atom. The minimum Gasteiger partial charge on any atom is -0.314 e. The van der Waals surface area contributed by atoms with Gasteiger partial charge in [-0.1, -0.05) is 36.6 Å². The van der Waals surface area contributed by atoms with E-state index in [1.807, 2.05) is 12.1 Å². The van der Waals surface area contributed by atoms with Crippen LogP contribution in [0, 0.1) is 5.92 Å². The van der Waals surface area contributed by atoms with E-state index < -0.39 is 0 Å². The summed E-state index contributed by atoms with van der Waals surface area (Å²) in [4.78, 5) is 2.64. The van der Waals surface area contributed by atoms with Gasteiger partial charge in [0.25, 0.3) is 0 Å². The topological polar surface area (TPSA) is 15.3 Å². The Hall–Kier alpha value is 0.01000. The molecule has 1 saturated carbocycles. The third-order valence-corrected chi connectivity index (χ3v) is 4.35. The standard InChI is InChI=1S/C15H21ClN2.2ClH/c16-14-5-3-13(4-6-14)15(11-12-1-2-12)18-9-7-17-8-10-18;;/h3-6,12,15,17H,1-2,7-11H2;2*1H/t15-;;/m0../s1. The molecule has 2 aliphatic rings. The van der Waals surface area contributed by atoms with Gasteiger partial charge < -0.3 is 5.32 Å². The fourth-order valence-corrected chi connectivity index (χ4v) is 2.97. The van der Waals surface area contributed by atoms with Crippen molar-refractivity contribution >= 4 is 36.4 Å². The van der Waals surface area contributed by atoms with E-state index in [-0.39, 0.29) is 24.8 Å². The van der Waals surface area contributed by atoms with Crippen LogP contribution >= 0.6 is 36.4 Å². The number of hydrogen-bond donors (Lipinski definition) is 1. The number of rotatable bonds is 4. The van der Waals surface area contributed by atoms with Crippen LogP contribution in [0.3, 0.4) is 0 Å². The van der Waals surface area contributed by atoms with Crippen LogP contribution in [0.1, 0.15) is 30.9 Å². The highest BCUT2D eigenvalue weighted by Gasteiger charge is 2.30. The summed E-state index contributed by atoms with van der Waals surface area (Å²) in [5, 5.41) is 4.27. The van der Waals surface area contributed by atoms with Gasteiger partial charge in [-0.2, -0.15) is 0 Å². The largest absolute Gasteiger partial charge is 0.314 e. The highest BCUT2D eigenvalue weighted by Crippen LogP contribution is 2.40. The van der Waals surface area contributed by atoms with E-state index in [1.165, 1.54) is 37.9 Å². The Morgan fingerprint density at radius 1 is 1.10 bits per heavy atom. The number of piperazine rings is 1. The second-order valence-corrected chi connectivity index (χ2v) is 5.97. The molecule has 20 heavy (non-hydrogen) atoms. The van der Waals surface area contributed by atoms with Gasteiger partial charge in [-0.15, -0.1) is 24.8 Å². The van der Waals surface area contributed by atoms with Crippen molar-refractivity contribution < 1.29 is 0 Å². The van der Waals surface area contributed by atoms with Gasteiger partial charge in [0.05, 0.1) is 0 Å². The lowest BCUT2D eigenvalue weighted by atomic mass is 9.99. The predicted octanol–water partition coefficient (Wildman–Crippen LogP) is 3.93. The summed E-state index contributed by atoms with van der Waals surface area (Å²) in [6.07, 6.45) is 4.17. The van der Waals surface area contributed by atoms with Gasteiger partial charge in [-0.3, -0.25) is 4.90 Å². The minimum absolute atomic E-state index is 0. The quantitative estimate of drug-likeness (QED) is 0.895. The molecular formula is C15H23Cl3N2. The number of hydrogen-bond acceptors (Lipinski definition) is 2. The molecule has 0 spiro atoms. The van der Waals surface area contributed by atoms with Crippen molar-refractivity contribution in [3.8, 4) is 0 Å². The van der Waals surface area contributed by atoms with Crippen LogP contribution in [0.4, 0.5) is 0 Å².